The summed E-state index contributed by atoms with van der Waals surface area (Å²) in [6, 6.07) is 23.4. The van der Waals surface area contributed by atoms with Crippen LogP contribution in [0, 0.1) is 13.8 Å². The minimum absolute atomic E-state index is 0.491. The summed E-state index contributed by atoms with van der Waals surface area (Å²) in [4.78, 5) is 20.9. The highest BCUT2D eigenvalue weighted by Gasteiger charge is 2.35. The van der Waals surface area contributed by atoms with Gasteiger partial charge in [0.1, 0.15) is 12.4 Å². The van der Waals surface area contributed by atoms with Crippen LogP contribution in [0.5, 0.6) is 5.75 Å². The number of benzene rings is 3. The molecule has 0 N–H and O–H groups in total. The molecule has 3 aromatic carbocycles. The predicted molar refractivity (Wildman–Crippen MR) is 190 cm³/mol. The Morgan fingerprint density at radius 1 is 0.958 bits per heavy atom. The van der Waals surface area contributed by atoms with E-state index < -0.39 is 17.7 Å². The van der Waals surface area contributed by atoms with Crippen LogP contribution in [0.3, 0.4) is 0 Å². The fourth-order valence-corrected chi connectivity index (χ4v) is 6.82. The van der Waals surface area contributed by atoms with Gasteiger partial charge in [0.25, 0.3) is 0 Å². The fourth-order valence-electron chi connectivity index (χ4n) is 6.82. The summed E-state index contributed by atoms with van der Waals surface area (Å²) in [5.41, 5.74) is 10.4. The van der Waals surface area contributed by atoms with Crippen molar-refractivity contribution in [3.8, 4) is 39.4 Å². The second kappa shape index (κ2) is 12.6. The maximum atomic E-state index is 13.5. The van der Waals surface area contributed by atoms with Crippen molar-refractivity contribution in [2.75, 3.05) is 31.7 Å². The van der Waals surface area contributed by atoms with Crippen molar-refractivity contribution >= 4 is 17.3 Å². The number of anilines is 1. The molecule has 8 heteroatoms. The number of fused-ring (bicyclic) bond motifs is 8. The van der Waals surface area contributed by atoms with Crippen molar-refractivity contribution in [2.45, 2.75) is 59.2 Å². The topological polar surface area (TPSA) is 78.2 Å². The Kier molecular flexibility index (Phi) is 8.29. The number of ether oxygens (including phenoxy) is 3. The highest BCUT2D eigenvalue weighted by atomic mass is 16.6. The molecule has 0 spiro atoms. The van der Waals surface area contributed by atoms with Gasteiger partial charge in [-0.25, -0.2) is 14.3 Å². The van der Waals surface area contributed by atoms with Gasteiger partial charge in [0.2, 0.25) is 0 Å². The maximum Gasteiger partial charge on any atom is 0.339 e. The molecule has 48 heavy (non-hydrogen) atoms. The van der Waals surface area contributed by atoms with Crippen molar-refractivity contribution in [1.82, 2.24) is 14.6 Å². The first-order chi connectivity index (χ1) is 23.1. The van der Waals surface area contributed by atoms with Gasteiger partial charge in [0.15, 0.2) is 11.8 Å². The third-order valence-corrected chi connectivity index (χ3v) is 9.06. The van der Waals surface area contributed by atoms with Crippen molar-refractivity contribution in [3.63, 3.8) is 0 Å². The predicted octanol–water partition coefficient (Wildman–Crippen LogP) is 8.08. The van der Waals surface area contributed by atoms with Crippen LogP contribution in [0.1, 0.15) is 55.7 Å². The molecule has 0 saturated carbocycles. The summed E-state index contributed by atoms with van der Waals surface area (Å²) >= 11 is 0. The van der Waals surface area contributed by atoms with Crippen LogP contribution in [0.2, 0.25) is 0 Å². The van der Waals surface area contributed by atoms with E-state index in [1.54, 1.807) is 0 Å². The van der Waals surface area contributed by atoms with Crippen LogP contribution in [0.25, 0.3) is 39.3 Å². The number of methoxy groups -OCH3 is 1. The molecule has 0 saturated heterocycles. The Balaban J connectivity index is 1.54. The van der Waals surface area contributed by atoms with Crippen LogP contribution >= 0.6 is 0 Å². The molecule has 1 atom stereocenters. The van der Waals surface area contributed by atoms with Gasteiger partial charge in [-0.3, -0.25) is 0 Å². The summed E-state index contributed by atoms with van der Waals surface area (Å²) in [6.45, 7) is 11.9. The quantitative estimate of drug-likeness (QED) is 0.145. The summed E-state index contributed by atoms with van der Waals surface area (Å²) in [5.74, 6) is 0.352. The lowest BCUT2D eigenvalue weighted by Gasteiger charge is -2.32. The van der Waals surface area contributed by atoms with E-state index in [2.05, 4.69) is 84.6 Å². The minimum Gasteiger partial charge on any atom is -0.490 e. The van der Waals surface area contributed by atoms with E-state index in [0.717, 1.165) is 71.0 Å². The minimum atomic E-state index is -1.03. The van der Waals surface area contributed by atoms with E-state index in [1.165, 1.54) is 18.2 Å². The van der Waals surface area contributed by atoms with E-state index in [-0.39, 0.29) is 0 Å². The van der Waals surface area contributed by atoms with Crippen molar-refractivity contribution in [3.05, 3.63) is 101 Å². The Hall–Kier alpha value is -4.95. The van der Waals surface area contributed by atoms with Gasteiger partial charge in [0, 0.05) is 35.0 Å². The molecule has 8 nitrogen and oxygen atoms in total. The summed E-state index contributed by atoms with van der Waals surface area (Å²) in [6.07, 6.45) is 5.39. The van der Waals surface area contributed by atoms with Gasteiger partial charge >= 0.3 is 5.97 Å². The molecule has 5 aromatic rings. The lowest BCUT2D eigenvalue weighted by molar-refractivity contribution is -0.164. The molecule has 2 aliphatic rings. The lowest BCUT2D eigenvalue weighted by atomic mass is 9.95. The monoisotopic (exact) mass is 642 g/mol. The van der Waals surface area contributed by atoms with E-state index in [0.29, 0.717) is 23.5 Å². The summed E-state index contributed by atoms with van der Waals surface area (Å²) < 4.78 is 19.9. The SMILES string of the molecule is COC(=O)[C@@H](OC(C)(C)C)c1c(C)nc2cc3nn2c1-c1cc2c(cc1C)OCCN2C/C=C\CCc1ccccc1-c1cccc-3c1. The third-order valence-electron chi connectivity index (χ3n) is 9.06. The molecular weight excluding hydrogens is 600 g/mol. The van der Waals surface area contributed by atoms with E-state index in [1.807, 2.05) is 38.3 Å². The van der Waals surface area contributed by atoms with Crippen molar-refractivity contribution in [1.29, 1.82) is 0 Å². The Morgan fingerprint density at radius 3 is 2.58 bits per heavy atom. The molecule has 0 radical (unpaired) electrons. The number of hydrogen-bond acceptors (Lipinski definition) is 7. The molecule has 7 rings (SSSR count). The standard InChI is InChI=1S/C40H42N4O4/c1-25-21-34-33-23-31(25)37-36(38(39(45)46-6)48-40(3,4)5)26(2)41-35-24-32(42-44(35)37)29-16-12-15-28(22-29)30-17-10-9-14-27(30)13-8-7-11-18-43(33)19-20-47-34/h7,9-12,14-17,21-24,38H,8,13,18-20H2,1-6H3/b11-7-/t38-/m0/s1. The van der Waals surface area contributed by atoms with Gasteiger partial charge in [-0.15, -0.1) is 0 Å². The zero-order chi connectivity index (χ0) is 33.6. The largest absolute Gasteiger partial charge is 0.490 e. The Labute approximate surface area is 282 Å². The number of aromatic nitrogens is 3. The second-order valence-electron chi connectivity index (χ2n) is 13.6. The fraction of sp³-hybridized carbons (Fsp3) is 0.325. The number of nitrogens with zero attached hydrogens (tertiary/aromatic N) is 4. The maximum absolute atomic E-state index is 13.5. The molecule has 2 aliphatic heterocycles. The lowest BCUT2D eigenvalue weighted by Crippen LogP contribution is -2.33. The molecule has 6 bridgehead atoms. The molecule has 0 unspecified atom stereocenters. The smallest absolute Gasteiger partial charge is 0.339 e. The molecular formula is C40H42N4O4. The van der Waals surface area contributed by atoms with Gasteiger partial charge in [-0.05, 0) is 87.9 Å². The number of rotatable bonds is 3. The molecule has 0 fully saturated rings. The number of esters is 1. The molecule has 2 aromatic heterocycles. The molecule has 246 valence electrons. The summed E-state index contributed by atoms with van der Waals surface area (Å²) in [7, 11) is 1.39. The normalized spacial score (nSPS) is 15.7. The van der Waals surface area contributed by atoms with Crippen LogP contribution < -0.4 is 9.64 Å². The number of allylic oxidation sites excluding steroid dienone is 1. The molecule has 4 heterocycles. The number of hydrogen-bond donors (Lipinski definition) is 0. The first-order valence-electron chi connectivity index (χ1n) is 16.6. The zero-order valence-corrected chi connectivity index (χ0v) is 28.5. The average Bonchev–Trinajstić information content (AvgIpc) is 3.49. The van der Waals surface area contributed by atoms with Crippen molar-refractivity contribution in [2.24, 2.45) is 0 Å². The van der Waals surface area contributed by atoms with Crippen LogP contribution in [0.4, 0.5) is 5.69 Å². The Bertz CT molecular complexity index is 2050. The van der Waals surface area contributed by atoms with E-state index in [9.17, 15) is 4.79 Å². The van der Waals surface area contributed by atoms with Crippen LogP contribution in [-0.2, 0) is 20.7 Å². The van der Waals surface area contributed by atoms with Gasteiger partial charge in [-0.1, -0.05) is 54.6 Å². The first-order valence-corrected chi connectivity index (χ1v) is 16.6. The number of carbonyl (C=O) groups is 1. The zero-order valence-electron chi connectivity index (χ0n) is 28.5. The van der Waals surface area contributed by atoms with Gasteiger partial charge in [-0.2, -0.15) is 5.10 Å². The third kappa shape index (κ3) is 5.97. The average molecular weight is 643 g/mol. The highest BCUT2D eigenvalue weighted by Crippen LogP contribution is 2.43. The summed E-state index contributed by atoms with van der Waals surface area (Å²) in [5, 5.41) is 5.21. The molecule has 0 amide bonds. The first kappa shape index (κ1) is 31.6. The number of carbonyl (C=O) groups excluding carboxylic acids is 1. The number of aryl methyl sites for hydroxylation is 3. The second-order valence-corrected chi connectivity index (χ2v) is 13.6. The van der Waals surface area contributed by atoms with Crippen LogP contribution in [-0.4, -0.2) is 53.0 Å². The molecule has 0 aliphatic carbocycles. The Morgan fingerprint density at radius 2 is 1.77 bits per heavy atom. The highest BCUT2D eigenvalue weighted by molar-refractivity contribution is 5.85. The van der Waals surface area contributed by atoms with Gasteiger partial charge < -0.3 is 19.1 Å². The van der Waals surface area contributed by atoms with E-state index in [4.69, 9.17) is 24.3 Å². The van der Waals surface area contributed by atoms with Crippen LogP contribution in [0.15, 0.2) is 78.9 Å². The van der Waals surface area contributed by atoms with Crippen molar-refractivity contribution < 1.29 is 19.0 Å². The van der Waals surface area contributed by atoms with Gasteiger partial charge in [0.05, 0.1) is 36.3 Å². The van der Waals surface area contributed by atoms with E-state index >= 15 is 0 Å².